The summed E-state index contributed by atoms with van der Waals surface area (Å²) in [5, 5.41) is 24.3. The number of halogens is 9. The van der Waals surface area contributed by atoms with Gasteiger partial charge < -0.3 is 39.5 Å². The van der Waals surface area contributed by atoms with Crippen LogP contribution in [-0.4, -0.2) is 75.5 Å². The van der Waals surface area contributed by atoms with Gasteiger partial charge in [-0.3, -0.25) is 10.1 Å². The minimum atomic E-state index is -4.90. The Morgan fingerprint density at radius 3 is 1.68 bits per heavy atom. The number of piperazine rings is 2. The van der Waals surface area contributed by atoms with Gasteiger partial charge in [-0.15, -0.1) is 0 Å². The van der Waals surface area contributed by atoms with Gasteiger partial charge in [-0.25, -0.2) is 4.79 Å². The third-order valence-electron chi connectivity index (χ3n) is 11.1. The van der Waals surface area contributed by atoms with Gasteiger partial charge in [0.15, 0.2) is 11.5 Å². The Hall–Kier alpha value is -7.06. The number of ether oxygens (including phenoxy) is 2. The smallest absolute Gasteiger partial charge is 0.418 e. The number of aromatic carboxylic acids is 1. The van der Waals surface area contributed by atoms with E-state index in [1.807, 2.05) is 0 Å². The number of anilines is 5. The number of nitrogens with one attached hydrogen (secondary N) is 1. The van der Waals surface area contributed by atoms with Crippen LogP contribution in [0.1, 0.15) is 32.6 Å². The van der Waals surface area contributed by atoms with Crippen molar-refractivity contribution in [3.63, 3.8) is 0 Å². The molecule has 0 aliphatic carbocycles. The second kappa shape index (κ2) is 18.2. The fourth-order valence-corrected chi connectivity index (χ4v) is 7.80. The van der Waals surface area contributed by atoms with Gasteiger partial charge in [0.05, 0.1) is 45.8 Å². The van der Waals surface area contributed by atoms with Crippen molar-refractivity contribution in [2.45, 2.75) is 25.1 Å². The van der Waals surface area contributed by atoms with Crippen LogP contribution < -0.4 is 34.4 Å². The molecule has 0 unspecified atom stereocenters. The molecule has 65 heavy (non-hydrogen) atoms. The molecule has 5 aromatic rings. The topological polar surface area (TPSA) is 124 Å². The second-order valence-electron chi connectivity index (χ2n) is 15.1. The average molecular weight is 919 g/mol. The SMILES string of the molecule is COc1cccc(CNc2cc(C(F)(F)F)c(N3CCN(c4cccc(C(F)(F)F)c4)CC3)cc2N2CCN(c3cccc(C(F)(F)F)c3)CC2)c1Oc1ccc([N+](=O)[O-])cc1C(=O)O. The van der Waals surface area contributed by atoms with Gasteiger partial charge in [-0.2, -0.15) is 39.5 Å². The number of carboxylic acid groups (broad SMARTS) is 1. The summed E-state index contributed by atoms with van der Waals surface area (Å²) in [6.07, 6.45) is -14.1. The zero-order chi connectivity index (χ0) is 46.8. The van der Waals surface area contributed by atoms with Gasteiger partial charge >= 0.3 is 24.5 Å². The number of hydrogen-bond acceptors (Lipinski definition) is 10. The van der Waals surface area contributed by atoms with Gasteiger partial charge in [-0.1, -0.05) is 24.3 Å². The quantitative estimate of drug-likeness (QED) is 0.0706. The molecule has 0 atom stereocenters. The van der Waals surface area contributed by atoms with Crippen molar-refractivity contribution < 1.29 is 63.8 Å². The monoisotopic (exact) mass is 918 g/mol. The van der Waals surface area contributed by atoms with E-state index in [1.54, 1.807) is 26.8 Å². The normalized spacial score (nSPS) is 14.9. The fourth-order valence-electron chi connectivity index (χ4n) is 7.80. The molecule has 12 nitrogen and oxygen atoms in total. The molecule has 0 aromatic heterocycles. The maximum absolute atomic E-state index is 15.2. The predicted octanol–water partition coefficient (Wildman–Crippen LogP) is 10.4. The first-order valence-electron chi connectivity index (χ1n) is 19.9. The Balaban J connectivity index is 1.23. The maximum Gasteiger partial charge on any atom is 0.418 e. The molecule has 0 spiro atoms. The number of nitro benzene ring substituents is 1. The Kier molecular flexibility index (Phi) is 12.9. The molecule has 2 aliphatic heterocycles. The number of alkyl halides is 9. The van der Waals surface area contributed by atoms with Crippen LogP contribution in [0.5, 0.6) is 17.2 Å². The molecule has 0 saturated carbocycles. The lowest BCUT2D eigenvalue weighted by Crippen LogP contribution is -2.48. The van der Waals surface area contributed by atoms with E-state index in [4.69, 9.17) is 9.47 Å². The van der Waals surface area contributed by atoms with Gasteiger partial charge in [0.25, 0.3) is 5.69 Å². The molecule has 0 bridgehead atoms. The van der Waals surface area contributed by atoms with E-state index >= 15 is 13.2 Å². The van der Waals surface area contributed by atoms with E-state index in [0.717, 1.165) is 48.5 Å². The third-order valence-corrected chi connectivity index (χ3v) is 11.1. The van der Waals surface area contributed by atoms with Crippen molar-refractivity contribution in [3.8, 4) is 17.2 Å². The van der Waals surface area contributed by atoms with Crippen LogP contribution >= 0.6 is 0 Å². The average Bonchev–Trinajstić information content (AvgIpc) is 3.27. The number of benzene rings is 5. The summed E-state index contributed by atoms with van der Waals surface area (Å²) in [6.45, 7) is 0.728. The van der Waals surface area contributed by atoms with Crippen LogP contribution in [0.25, 0.3) is 0 Å². The first-order valence-corrected chi connectivity index (χ1v) is 19.9. The summed E-state index contributed by atoms with van der Waals surface area (Å²) in [5.41, 5.74) is -2.78. The number of para-hydroxylation sites is 1. The molecule has 0 radical (unpaired) electrons. The standard InChI is InChI=1S/C44H39F9N6O6/c1-64-39-10-2-5-27(40(39)65-38-12-11-32(59(62)63)23-33(38)41(60)61)26-54-35-24-34(44(51,52)53)36(57-17-13-55(14-18-57)30-8-3-6-28(21-30)42(45,46)47)25-37(35)58-19-15-56(16-20-58)31-9-4-7-29(22-31)43(48,49)50/h2-12,21-25,54H,13-20,26H2,1H3,(H,60,61). The lowest BCUT2D eigenvalue weighted by Gasteiger charge is -2.41. The minimum Gasteiger partial charge on any atom is -0.493 e. The highest BCUT2D eigenvalue weighted by atomic mass is 19.4. The largest absolute Gasteiger partial charge is 0.493 e. The number of nitrogens with zero attached hydrogens (tertiary/aromatic N) is 5. The molecule has 2 saturated heterocycles. The number of hydrogen-bond donors (Lipinski definition) is 2. The number of carboxylic acids is 1. The number of nitro groups is 1. The van der Waals surface area contributed by atoms with Crippen molar-refractivity contribution in [2.75, 3.05) is 84.4 Å². The number of carbonyl (C=O) groups is 1. The zero-order valence-corrected chi connectivity index (χ0v) is 34.2. The molecule has 344 valence electrons. The van der Waals surface area contributed by atoms with Crippen molar-refractivity contribution in [1.29, 1.82) is 0 Å². The molecule has 2 fully saturated rings. The van der Waals surface area contributed by atoms with Crippen LogP contribution in [0.3, 0.4) is 0 Å². The summed E-state index contributed by atoms with van der Waals surface area (Å²) in [4.78, 5) is 29.4. The van der Waals surface area contributed by atoms with E-state index in [-0.39, 0.29) is 98.8 Å². The summed E-state index contributed by atoms with van der Waals surface area (Å²) in [5.74, 6) is -1.76. The highest BCUT2D eigenvalue weighted by molar-refractivity contribution is 5.92. The number of methoxy groups -OCH3 is 1. The van der Waals surface area contributed by atoms with Crippen LogP contribution in [0.2, 0.25) is 0 Å². The van der Waals surface area contributed by atoms with Crippen LogP contribution in [0.4, 0.5) is 73.6 Å². The highest BCUT2D eigenvalue weighted by Crippen LogP contribution is 2.45. The predicted molar refractivity (Wildman–Crippen MR) is 224 cm³/mol. The molecular weight excluding hydrogens is 880 g/mol. The van der Waals surface area contributed by atoms with E-state index in [0.29, 0.717) is 11.4 Å². The molecule has 2 N–H and O–H groups in total. The van der Waals surface area contributed by atoms with E-state index < -0.39 is 57.4 Å². The van der Waals surface area contributed by atoms with E-state index in [1.165, 1.54) is 48.4 Å². The van der Waals surface area contributed by atoms with Gasteiger partial charge in [0.1, 0.15) is 11.3 Å². The molecule has 0 amide bonds. The second-order valence-corrected chi connectivity index (χ2v) is 15.1. The lowest BCUT2D eigenvalue weighted by atomic mass is 10.0. The summed E-state index contributed by atoms with van der Waals surface area (Å²) in [7, 11) is 1.30. The van der Waals surface area contributed by atoms with Crippen LogP contribution in [0, 0.1) is 10.1 Å². The molecule has 7 rings (SSSR count). The van der Waals surface area contributed by atoms with E-state index in [9.17, 15) is 46.4 Å². The summed E-state index contributed by atoms with van der Waals surface area (Å²) < 4.78 is 138. The molecule has 5 aromatic carbocycles. The Bertz CT molecular complexity index is 2560. The first kappa shape index (κ1) is 45.9. The van der Waals surface area contributed by atoms with Gasteiger partial charge in [0.2, 0.25) is 0 Å². The van der Waals surface area contributed by atoms with E-state index in [2.05, 4.69) is 5.32 Å². The van der Waals surface area contributed by atoms with Crippen molar-refractivity contribution >= 4 is 40.1 Å². The number of rotatable bonds is 12. The summed E-state index contributed by atoms with van der Waals surface area (Å²) in [6, 6.07) is 19.4. The minimum absolute atomic E-state index is 0.00604. The molecule has 21 heteroatoms. The Morgan fingerprint density at radius 1 is 0.662 bits per heavy atom. The Labute approximate surface area is 365 Å². The Morgan fingerprint density at radius 2 is 1.18 bits per heavy atom. The van der Waals surface area contributed by atoms with Crippen molar-refractivity contribution in [2.24, 2.45) is 0 Å². The highest BCUT2D eigenvalue weighted by Gasteiger charge is 2.38. The molecular formula is C44H39F9N6O6. The van der Waals surface area contributed by atoms with Crippen LogP contribution in [0.15, 0.2) is 97.1 Å². The van der Waals surface area contributed by atoms with Crippen molar-refractivity contribution in [3.05, 3.63) is 135 Å². The van der Waals surface area contributed by atoms with Crippen molar-refractivity contribution in [1.82, 2.24) is 0 Å². The lowest BCUT2D eigenvalue weighted by molar-refractivity contribution is -0.384. The fraction of sp³-hybridized carbons (Fsp3) is 0.295. The summed E-state index contributed by atoms with van der Waals surface area (Å²) >= 11 is 0. The van der Waals surface area contributed by atoms with Gasteiger partial charge in [0, 0.05) is 88.0 Å². The number of non-ortho nitro benzene ring substituents is 1. The maximum atomic E-state index is 15.2. The van der Waals surface area contributed by atoms with Crippen LogP contribution in [-0.2, 0) is 25.1 Å². The molecule has 2 aliphatic rings. The zero-order valence-electron chi connectivity index (χ0n) is 34.2. The molecule has 2 heterocycles. The van der Waals surface area contributed by atoms with Gasteiger partial charge in [-0.05, 0) is 60.7 Å². The third kappa shape index (κ3) is 10.3. The first-order chi connectivity index (χ1) is 30.7.